The van der Waals surface area contributed by atoms with Gasteiger partial charge in [0.05, 0.1) is 0 Å². The Balaban J connectivity index is 0. The smallest absolute Gasteiger partial charge is 0 e. The molecule has 10 heavy (non-hydrogen) atoms. The summed E-state index contributed by atoms with van der Waals surface area (Å²) in [4.78, 5) is 0. The minimum atomic E-state index is 0. The Morgan fingerprint density at radius 3 is 0.300 bits per heavy atom. The Kier molecular flexibility index (Phi) is 42100. The van der Waals surface area contributed by atoms with Gasteiger partial charge in [-0.25, -0.2) is 0 Å². The van der Waals surface area contributed by atoms with Crippen LogP contribution in [-0.2, 0) is 19.5 Å². The molecular weight excluding hydrogens is 291 g/mol. The second-order valence-corrected chi connectivity index (χ2v) is 0. The summed E-state index contributed by atoms with van der Waals surface area (Å²) in [5, 5.41) is 0. The predicted molar refractivity (Wildman–Crippen MR) is 51.9 cm³/mol. The Labute approximate surface area is 93.5 Å². The van der Waals surface area contributed by atoms with Gasteiger partial charge in [0.25, 0.3) is 0 Å². The fourth-order valence-corrected chi connectivity index (χ4v) is 0. The Bertz CT molecular complexity index is 13.0. The molecule has 0 bridgehead atoms. The minimum Gasteiger partial charge on any atom is -0.344 e. The first-order chi connectivity index (χ1) is 0. The van der Waals surface area contributed by atoms with Crippen LogP contribution in [0.4, 0.5) is 0 Å². The van der Waals surface area contributed by atoms with Crippen molar-refractivity contribution in [3.05, 3.63) is 0 Å². The van der Waals surface area contributed by atoms with Crippen molar-refractivity contribution in [1.82, 2.24) is 36.9 Å². The summed E-state index contributed by atoms with van der Waals surface area (Å²) >= 11 is 0. The zero-order valence-electron chi connectivity index (χ0n) is 5.82. The predicted octanol–water partition coefficient (Wildman–Crippen LogP) is 2.23. The largest absolute Gasteiger partial charge is 0.344 e. The Hall–Kier alpha value is 1.25. The second-order valence-electron chi connectivity index (χ2n) is 0. The monoisotopic (exact) mass is 312 g/mol. The van der Waals surface area contributed by atoms with E-state index in [9.17, 15) is 0 Å². The van der Waals surface area contributed by atoms with Crippen LogP contribution in [0.2, 0.25) is 0 Å². The zero-order chi connectivity index (χ0) is 0. The summed E-state index contributed by atoms with van der Waals surface area (Å²) in [5.74, 6) is 0. The summed E-state index contributed by atoms with van der Waals surface area (Å²) < 4.78 is 0. The van der Waals surface area contributed by atoms with Gasteiger partial charge in [-0.05, 0) is 0 Å². The van der Waals surface area contributed by atoms with E-state index in [0.717, 1.165) is 0 Å². The summed E-state index contributed by atoms with van der Waals surface area (Å²) in [7, 11) is 0. The Morgan fingerprint density at radius 2 is 0.300 bits per heavy atom. The molecule has 0 saturated carbocycles. The van der Waals surface area contributed by atoms with Crippen molar-refractivity contribution in [1.29, 1.82) is 0 Å². The molecule has 10 heteroatoms. The molecule has 0 amide bonds. The van der Waals surface area contributed by atoms with E-state index in [4.69, 9.17) is 0 Å². The molecule has 0 fully saturated rings. The van der Waals surface area contributed by atoms with Crippen molar-refractivity contribution < 1.29 is 19.5 Å². The fourth-order valence-electron chi connectivity index (χ4n) is 0. The molecule has 0 aromatic heterocycles. The maximum absolute atomic E-state index is 0. The standard InChI is InChI=1S/3ClH.6H3N.Ru/h3*1H;6*1H3;. The second kappa shape index (κ2) is 559. The summed E-state index contributed by atoms with van der Waals surface area (Å²) in [6, 6.07) is 0. The van der Waals surface area contributed by atoms with E-state index in [1.807, 2.05) is 0 Å². The van der Waals surface area contributed by atoms with Crippen LogP contribution in [-0.4, -0.2) is 0 Å². The van der Waals surface area contributed by atoms with Crippen molar-refractivity contribution in [3.63, 3.8) is 0 Å². The van der Waals surface area contributed by atoms with Gasteiger partial charge in [-0.1, -0.05) is 0 Å². The SMILES string of the molecule is Cl.Cl.Cl.N.N.N.N.N.N.[Ru]. The van der Waals surface area contributed by atoms with Crippen LogP contribution in [0.3, 0.4) is 0 Å². The van der Waals surface area contributed by atoms with E-state index in [1.165, 1.54) is 0 Å². The molecule has 0 aromatic carbocycles. The molecule has 0 rings (SSSR count). The minimum absolute atomic E-state index is 0. The molecule has 0 spiro atoms. The molecule has 0 saturated heterocycles. The van der Waals surface area contributed by atoms with Crippen molar-refractivity contribution in [2.75, 3.05) is 0 Å². The van der Waals surface area contributed by atoms with Crippen LogP contribution in [0.15, 0.2) is 0 Å². The van der Waals surface area contributed by atoms with Crippen LogP contribution in [0.25, 0.3) is 0 Å². The van der Waals surface area contributed by atoms with Gasteiger partial charge < -0.3 is 36.9 Å². The molecule has 80 valence electrons. The van der Waals surface area contributed by atoms with E-state index in [0.29, 0.717) is 0 Å². The first-order valence-electron chi connectivity index (χ1n) is 0. The van der Waals surface area contributed by atoms with E-state index in [-0.39, 0.29) is 93.6 Å². The zero-order valence-corrected chi connectivity index (χ0v) is 10.0. The molecule has 0 aliphatic carbocycles. The average Bonchev–Trinajstić information content (AvgIpc) is 0. The van der Waals surface area contributed by atoms with Gasteiger partial charge in [-0.3, -0.25) is 0 Å². The summed E-state index contributed by atoms with van der Waals surface area (Å²) in [5.41, 5.74) is 0. The molecule has 0 radical (unpaired) electrons. The van der Waals surface area contributed by atoms with Gasteiger partial charge in [0.1, 0.15) is 0 Å². The van der Waals surface area contributed by atoms with Gasteiger partial charge in [0.15, 0.2) is 0 Å². The van der Waals surface area contributed by atoms with Crippen molar-refractivity contribution >= 4 is 37.2 Å². The molecular formula is H21Cl3N6Ru. The maximum Gasteiger partial charge on any atom is 0 e. The first kappa shape index (κ1) is 753. The number of halogens is 3. The van der Waals surface area contributed by atoms with E-state index in [2.05, 4.69) is 0 Å². The van der Waals surface area contributed by atoms with E-state index in [1.54, 1.807) is 0 Å². The summed E-state index contributed by atoms with van der Waals surface area (Å²) in [6.45, 7) is 0. The van der Waals surface area contributed by atoms with Crippen LogP contribution in [0, 0.1) is 0 Å². The average molecular weight is 313 g/mol. The quantitative estimate of drug-likeness (QED) is 0.369. The number of hydrogen-bond acceptors (Lipinski definition) is 6. The van der Waals surface area contributed by atoms with Crippen LogP contribution < -0.4 is 36.9 Å². The molecule has 0 aliphatic rings. The normalized spacial score (nSPS) is 0. The molecule has 0 atom stereocenters. The van der Waals surface area contributed by atoms with Crippen molar-refractivity contribution in [2.24, 2.45) is 0 Å². The maximum atomic E-state index is 0. The number of hydrogen-bond donors (Lipinski definition) is 6. The van der Waals surface area contributed by atoms with Gasteiger partial charge in [-0.15, -0.1) is 37.2 Å². The molecule has 6 nitrogen and oxygen atoms in total. The van der Waals surface area contributed by atoms with Crippen LogP contribution >= 0.6 is 37.2 Å². The van der Waals surface area contributed by atoms with Crippen LogP contribution in [0.1, 0.15) is 0 Å². The molecule has 0 heterocycles. The van der Waals surface area contributed by atoms with Gasteiger partial charge >= 0.3 is 0 Å². The topological polar surface area (TPSA) is 210 Å². The summed E-state index contributed by atoms with van der Waals surface area (Å²) in [6.07, 6.45) is 0. The third-order valence-electron chi connectivity index (χ3n) is 0. The van der Waals surface area contributed by atoms with Gasteiger partial charge in [0.2, 0.25) is 0 Å². The van der Waals surface area contributed by atoms with Crippen LogP contribution in [0.5, 0.6) is 0 Å². The molecule has 0 unspecified atom stereocenters. The molecule has 0 aromatic rings. The third kappa shape index (κ3) is 401. The first-order valence-corrected chi connectivity index (χ1v) is 0. The van der Waals surface area contributed by atoms with Gasteiger partial charge in [0, 0.05) is 19.5 Å². The Morgan fingerprint density at radius 1 is 0.300 bits per heavy atom. The molecule has 18 N–H and O–H groups in total. The van der Waals surface area contributed by atoms with E-state index >= 15 is 0 Å². The van der Waals surface area contributed by atoms with Crippen molar-refractivity contribution in [2.45, 2.75) is 0 Å². The van der Waals surface area contributed by atoms with E-state index < -0.39 is 0 Å². The van der Waals surface area contributed by atoms with Crippen molar-refractivity contribution in [3.8, 4) is 0 Å². The van der Waals surface area contributed by atoms with Gasteiger partial charge in [-0.2, -0.15) is 0 Å². The third-order valence-corrected chi connectivity index (χ3v) is 0. The number of rotatable bonds is 0. The molecule has 0 aliphatic heterocycles. The fraction of sp³-hybridized carbons (Fsp3) is 0.